The number of rotatable bonds is 3. The van der Waals surface area contributed by atoms with Gasteiger partial charge in [-0.05, 0) is 46.5 Å². The van der Waals surface area contributed by atoms with Crippen LogP contribution >= 0.6 is 0 Å². The lowest BCUT2D eigenvalue weighted by atomic mass is 9.81. The number of ether oxygens (including phenoxy) is 2. The molecule has 1 aliphatic rings. The minimum absolute atomic E-state index is 0.0894. The Bertz CT molecular complexity index is 357. The van der Waals surface area contributed by atoms with Crippen LogP contribution in [0.3, 0.4) is 0 Å². The maximum atomic E-state index is 12.5. The SMILES string of the molecule is CC(C)(C)OC(=O)N1[C@@H](C(C)(C)CCO)COC1(C)C. The first-order chi connectivity index (χ1) is 8.91. The number of amides is 1. The molecule has 1 fully saturated rings. The third kappa shape index (κ3) is 3.85. The molecule has 1 rings (SSSR count). The summed E-state index contributed by atoms with van der Waals surface area (Å²) in [5.74, 6) is 0. The van der Waals surface area contributed by atoms with Crippen LogP contribution in [0.4, 0.5) is 4.79 Å². The summed E-state index contributed by atoms with van der Waals surface area (Å²) in [6.07, 6.45) is 0.243. The highest BCUT2D eigenvalue weighted by Crippen LogP contribution is 2.39. The van der Waals surface area contributed by atoms with Crippen LogP contribution in [-0.4, -0.2) is 46.7 Å². The molecular weight excluding hydrogens is 258 g/mol. The van der Waals surface area contributed by atoms with Crippen LogP contribution in [0.5, 0.6) is 0 Å². The van der Waals surface area contributed by atoms with E-state index in [-0.39, 0.29) is 24.2 Å². The maximum absolute atomic E-state index is 12.5. The first-order valence-electron chi connectivity index (χ1n) is 7.18. The molecule has 0 radical (unpaired) electrons. The molecule has 20 heavy (non-hydrogen) atoms. The summed E-state index contributed by atoms with van der Waals surface area (Å²) < 4.78 is 11.3. The molecule has 5 nitrogen and oxygen atoms in total. The summed E-state index contributed by atoms with van der Waals surface area (Å²) in [6, 6.07) is -0.112. The molecule has 0 saturated carbocycles. The van der Waals surface area contributed by atoms with Crippen molar-refractivity contribution in [2.24, 2.45) is 5.41 Å². The Labute approximate surface area is 122 Å². The molecule has 0 unspecified atom stereocenters. The van der Waals surface area contributed by atoms with Crippen molar-refractivity contribution in [3.05, 3.63) is 0 Å². The third-order valence-corrected chi connectivity index (χ3v) is 3.73. The van der Waals surface area contributed by atoms with Crippen molar-refractivity contribution in [3.8, 4) is 0 Å². The van der Waals surface area contributed by atoms with E-state index in [1.54, 1.807) is 4.90 Å². The first kappa shape index (κ1) is 17.2. The summed E-state index contributed by atoms with van der Waals surface area (Å²) in [4.78, 5) is 14.2. The van der Waals surface area contributed by atoms with Gasteiger partial charge in [0.25, 0.3) is 0 Å². The molecule has 1 heterocycles. The highest BCUT2D eigenvalue weighted by atomic mass is 16.6. The highest BCUT2D eigenvalue weighted by molar-refractivity contribution is 5.70. The molecule has 1 amide bonds. The molecule has 1 aliphatic heterocycles. The van der Waals surface area contributed by atoms with Crippen molar-refractivity contribution in [2.75, 3.05) is 13.2 Å². The molecule has 1 N–H and O–H groups in total. The predicted molar refractivity (Wildman–Crippen MR) is 77.4 cm³/mol. The van der Waals surface area contributed by atoms with E-state index in [1.165, 1.54) is 0 Å². The van der Waals surface area contributed by atoms with Gasteiger partial charge < -0.3 is 14.6 Å². The predicted octanol–water partition coefficient (Wildman–Crippen LogP) is 2.77. The molecule has 1 saturated heterocycles. The topological polar surface area (TPSA) is 59.0 Å². The van der Waals surface area contributed by atoms with Gasteiger partial charge in [0, 0.05) is 6.61 Å². The van der Waals surface area contributed by atoms with E-state index in [0.29, 0.717) is 13.0 Å². The lowest BCUT2D eigenvalue weighted by Gasteiger charge is -2.41. The average molecular weight is 287 g/mol. The van der Waals surface area contributed by atoms with Crippen LogP contribution in [0.2, 0.25) is 0 Å². The summed E-state index contributed by atoms with van der Waals surface area (Å²) in [6.45, 7) is 13.9. The number of hydrogen-bond donors (Lipinski definition) is 1. The van der Waals surface area contributed by atoms with Gasteiger partial charge in [0.05, 0.1) is 12.6 Å². The van der Waals surface area contributed by atoms with Crippen LogP contribution in [0.15, 0.2) is 0 Å². The van der Waals surface area contributed by atoms with Gasteiger partial charge in [-0.2, -0.15) is 0 Å². The summed E-state index contributed by atoms with van der Waals surface area (Å²) in [7, 11) is 0. The number of hydrogen-bond acceptors (Lipinski definition) is 4. The highest BCUT2D eigenvalue weighted by Gasteiger charge is 2.50. The van der Waals surface area contributed by atoms with E-state index in [0.717, 1.165) is 0 Å². The standard InChI is InChI=1S/C15H29NO4/c1-13(2,3)20-12(18)16-11(10-19-15(16,6)7)14(4,5)8-9-17/h11,17H,8-10H2,1-7H3/t11-/m1/s1. The smallest absolute Gasteiger partial charge is 0.412 e. The summed E-state index contributed by atoms with van der Waals surface area (Å²) in [5.41, 5.74) is -1.47. The zero-order valence-corrected chi connectivity index (χ0v) is 13.8. The minimum Gasteiger partial charge on any atom is -0.444 e. The molecule has 0 aliphatic carbocycles. The second kappa shape index (κ2) is 5.53. The van der Waals surface area contributed by atoms with Crippen molar-refractivity contribution in [2.45, 2.75) is 72.3 Å². The van der Waals surface area contributed by atoms with Gasteiger partial charge in [0.15, 0.2) is 0 Å². The Balaban J connectivity index is 2.99. The molecule has 118 valence electrons. The van der Waals surface area contributed by atoms with Crippen molar-refractivity contribution in [3.63, 3.8) is 0 Å². The van der Waals surface area contributed by atoms with Crippen LogP contribution in [0.1, 0.15) is 54.9 Å². The number of nitrogens with zero attached hydrogens (tertiary/aromatic N) is 1. The van der Waals surface area contributed by atoms with Crippen LogP contribution < -0.4 is 0 Å². The fraction of sp³-hybridized carbons (Fsp3) is 0.933. The van der Waals surface area contributed by atoms with Gasteiger partial charge in [-0.15, -0.1) is 0 Å². The average Bonchev–Trinajstić information content (AvgIpc) is 2.51. The van der Waals surface area contributed by atoms with Gasteiger partial charge in [0.1, 0.15) is 11.3 Å². The van der Waals surface area contributed by atoms with Gasteiger partial charge >= 0.3 is 6.09 Å². The van der Waals surface area contributed by atoms with E-state index in [2.05, 4.69) is 0 Å². The molecule has 0 spiro atoms. The number of aliphatic hydroxyl groups excluding tert-OH is 1. The molecule has 0 aromatic rings. The van der Waals surface area contributed by atoms with E-state index in [1.807, 2.05) is 48.5 Å². The molecule has 5 heteroatoms. The van der Waals surface area contributed by atoms with Crippen LogP contribution in [0, 0.1) is 5.41 Å². The molecule has 0 bridgehead atoms. The van der Waals surface area contributed by atoms with Crippen LogP contribution in [-0.2, 0) is 9.47 Å². The fourth-order valence-electron chi connectivity index (χ4n) is 2.49. The minimum atomic E-state index is -0.695. The van der Waals surface area contributed by atoms with Gasteiger partial charge in [-0.3, -0.25) is 4.90 Å². The normalized spacial score (nSPS) is 23.0. The zero-order chi connectivity index (χ0) is 15.8. The Hall–Kier alpha value is -0.810. The Morgan fingerprint density at radius 3 is 2.35 bits per heavy atom. The van der Waals surface area contributed by atoms with E-state index < -0.39 is 11.3 Å². The Morgan fingerprint density at radius 2 is 1.90 bits per heavy atom. The van der Waals surface area contributed by atoms with Crippen molar-refractivity contribution in [1.82, 2.24) is 4.90 Å². The van der Waals surface area contributed by atoms with Gasteiger partial charge in [-0.25, -0.2) is 4.79 Å². The monoisotopic (exact) mass is 287 g/mol. The van der Waals surface area contributed by atoms with Gasteiger partial charge in [-0.1, -0.05) is 13.8 Å². The van der Waals surface area contributed by atoms with Crippen molar-refractivity contribution in [1.29, 1.82) is 0 Å². The second-order valence-electron chi connectivity index (χ2n) is 7.59. The van der Waals surface area contributed by atoms with E-state index in [9.17, 15) is 9.90 Å². The lowest BCUT2D eigenvalue weighted by molar-refractivity contribution is -0.0678. The second-order valence-corrected chi connectivity index (χ2v) is 7.59. The zero-order valence-electron chi connectivity index (χ0n) is 13.8. The molecule has 0 aromatic carbocycles. The van der Waals surface area contributed by atoms with E-state index >= 15 is 0 Å². The van der Waals surface area contributed by atoms with Crippen molar-refractivity contribution >= 4 is 6.09 Å². The Kier molecular flexibility index (Phi) is 4.76. The Morgan fingerprint density at radius 1 is 1.35 bits per heavy atom. The lowest BCUT2D eigenvalue weighted by Crippen LogP contribution is -2.54. The number of carbonyl (C=O) groups is 1. The molecule has 0 aromatic heterocycles. The summed E-state index contributed by atoms with van der Waals surface area (Å²) >= 11 is 0. The quantitative estimate of drug-likeness (QED) is 0.867. The first-order valence-corrected chi connectivity index (χ1v) is 7.18. The van der Waals surface area contributed by atoms with E-state index in [4.69, 9.17) is 9.47 Å². The third-order valence-electron chi connectivity index (χ3n) is 3.73. The number of aliphatic hydroxyl groups is 1. The fourth-order valence-corrected chi connectivity index (χ4v) is 2.49. The van der Waals surface area contributed by atoms with Crippen molar-refractivity contribution < 1.29 is 19.4 Å². The summed E-state index contributed by atoms with van der Waals surface area (Å²) in [5, 5.41) is 9.23. The molecule has 1 atom stereocenters. The van der Waals surface area contributed by atoms with Gasteiger partial charge in [0.2, 0.25) is 0 Å². The largest absolute Gasteiger partial charge is 0.444 e. The number of carbonyl (C=O) groups excluding carboxylic acids is 1. The molecular formula is C15H29NO4. The maximum Gasteiger partial charge on any atom is 0.412 e. The van der Waals surface area contributed by atoms with Crippen LogP contribution in [0.25, 0.3) is 0 Å².